The van der Waals surface area contributed by atoms with Gasteiger partial charge in [0, 0.05) is 11.4 Å². The fraction of sp³-hybridized carbons (Fsp3) is 0.133. The molecule has 0 radical (unpaired) electrons. The summed E-state index contributed by atoms with van der Waals surface area (Å²) in [6.07, 6.45) is 0.0127. The number of benzene rings is 1. The summed E-state index contributed by atoms with van der Waals surface area (Å²) < 4.78 is 0. The van der Waals surface area contributed by atoms with E-state index in [0.717, 1.165) is 20.7 Å². The summed E-state index contributed by atoms with van der Waals surface area (Å²) in [6.45, 7) is 0.286. The summed E-state index contributed by atoms with van der Waals surface area (Å²) in [4.78, 5) is 20.9. The minimum absolute atomic E-state index is 0.0127. The molecular formula is C15H12ClN3O2S. The summed E-state index contributed by atoms with van der Waals surface area (Å²) in [5.41, 5.74) is 1.10. The van der Waals surface area contributed by atoms with Crippen molar-refractivity contribution >= 4 is 44.9 Å². The van der Waals surface area contributed by atoms with Crippen molar-refractivity contribution in [1.82, 2.24) is 9.97 Å². The van der Waals surface area contributed by atoms with Crippen molar-refractivity contribution in [2.45, 2.75) is 6.42 Å². The largest absolute Gasteiger partial charge is 0.481 e. The quantitative estimate of drug-likeness (QED) is 0.693. The molecule has 0 saturated carbocycles. The Labute approximate surface area is 135 Å². The van der Waals surface area contributed by atoms with Crippen LogP contribution >= 0.6 is 22.9 Å². The van der Waals surface area contributed by atoms with Crippen molar-refractivity contribution in [2.24, 2.45) is 0 Å². The summed E-state index contributed by atoms with van der Waals surface area (Å²) in [5.74, 6) is -0.297. The van der Waals surface area contributed by atoms with Gasteiger partial charge < -0.3 is 10.4 Å². The zero-order valence-electron chi connectivity index (χ0n) is 11.4. The van der Waals surface area contributed by atoms with Gasteiger partial charge >= 0.3 is 5.97 Å². The number of nitrogens with one attached hydrogen (secondary N) is 1. The van der Waals surface area contributed by atoms with E-state index in [1.54, 1.807) is 0 Å². The maximum absolute atomic E-state index is 10.6. The number of carbonyl (C=O) groups is 1. The van der Waals surface area contributed by atoms with Crippen LogP contribution in [0, 0.1) is 0 Å². The standard InChI is InChI=1S/C15H12ClN3O2S/c16-15-18-13(17-7-6-12(20)21)10-8-11(22-14(10)19-15)9-4-2-1-3-5-9/h1-5,8H,6-7H2,(H,20,21)(H,17,18,19). The Morgan fingerprint density at radius 3 is 2.77 bits per heavy atom. The topological polar surface area (TPSA) is 75.1 Å². The number of carboxylic acids is 1. The second-order valence-corrected chi connectivity index (χ2v) is 5.98. The van der Waals surface area contributed by atoms with E-state index in [0.29, 0.717) is 5.82 Å². The molecule has 5 nitrogen and oxygen atoms in total. The molecule has 3 aromatic rings. The lowest BCUT2D eigenvalue weighted by molar-refractivity contribution is -0.136. The van der Waals surface area contributed by atoms with Crippen molar-refractivity contribution < 1.29 is 9.90 Å². The molecule has 0 saturated heterocycles. The molecule has 0 spiro atoms. The highest BCUT2D eigenvalue weighted by molar-refractivity contribution is 7.22. The van der Waals surface area contributed by atoms with Gasteiger partial charge in [-0.05, 0) is 23.2 Å². The highest BCUT2D eigenvalue weighted by atomic mass is 35.5. The summed E-state index contributed by atoms with van der Waals surface area (Å²) in [5, 5.41) is 12.7. The molecule has 0 bridgehead atoms. The van der Waals surface area contributed by atoms with Gasteiger partial charge in [-0.25, -0.2) is 9.97 Å². The molecule has 2 heterocycles. The molecule has 22 heavy (non-hydrogen) atoms. The Morgan fingerprint density at radius 1 is 1.27 bits per heavy atom. The van der Waals surface area contributed by atoms with Crippen molar-refractivity contribution in [1.29, 1.82) is 0 Å². The van der Waals surface area contributed by atoms with Crippen LogP contribution in [0.2, 0.25) is 5.28 Å². The monoisotopic (exact) mass is 333 g/mol. The Kier molecular flexibility index (Phi) is 4.22. The molecule has 0 atom stereocenters. The number of rotatable bonds is 5. The Balaban J connectivity index is 1.98. The Bertz CT molecular complexity index is 820. The maximum atomic E-state index is 10.6. The molecule has 3 rings (SSSR count). The highest BCUT2D eigenvalue weighted by Gasteiger charge is 2.12. The van der Waals surface area contributed by atoms with E-state index in [2.05, 4.69) is 15.3 Å². The molecule has 7 heteroatoms. The first-order chi connectivity index (χ1) is 10.6. The van der Waals surface area contributed by atoms with Crippen LogP contribution in [0.25, 0.3) is 20.7 Å². The van der Waals surface area contributed by atoms with E-state index in [1.807, 2.05) is 36.4 Å². The molecule has 0 amide bonds. The summed E-state index contributed by atoms with van der Waals surface area (Å²) >= 11 is 7.48. The molecule has 0 aliphatic rings. The minimum Gasteiger partial charge on any atom is -0.481 e. The first kappa shape index (κ1) is 14.7. The van der Waals surface area contributed by atoms with Gasteiger partial charge in [0.25, 0.3) is 0 Å². The van der Waals surface area contributed by atoms with Crippen molar-refractivity contribution in [3.05, 3.63) is 41.7 Å². The van der Waals surface area contributed by atoms with Crippen LogP contribution in [-0.2, 0) is 4.79 Å². The second kappa shape index (κ2) is 6.29. The average molecular weight is 334 g/mol. The third kappa shape index (κ3) is 3.18. The first-order valence-electron chi connectivity index (χ1n) is 6.61. The second-order valence-electron chi connectivity index (χ2n) is 4.61. The van der Waals surface area contributed by atoms with E-state index in [4.69, 9.17) is 16.7 Å². The van der Waals surface area contributed by atoms with E-state index < -0.39 is 5.97 Å². The molecule has 112 valence electrons. The van der Waals surface area contributed by atoms with Gasteiger partial charge in [-0.1, -0.05) is 30.3 Å². The number of nitrogens with zero attached hydrogens (tertiary/aromatic N) is 2. The van der Waals surface area contributed by atoms with Crippen molar-refractivity contribution in [2.75, 3.05) is 11.9 Å². The van der Waals surface area contributed by atoms with Gasteiger partial charge in [-0.2, -0.15) is 0 Å². The fourth-order valence-corrected chi connectivity index (χ4v) is 3.32. The lowest BCUT2D eigenvalue weighted by atomic mass is 10.2. The lowest BCUT2D eigenvalue weighted by Crippen LogP contribution is -2.09. The van der Waals surface area contributed by atoms with Crippen LogP contribution in [0.1, 0.15) is 6.42 Å². The van der Waals surface area contributed by atoms with Crippen LogP contribution in [0.5, 0.6) is 0 Å². The van der Waals surface area contributed by atoms with E-state index in [-0.39, 0.29) is 18.2 Å². The average Bonchev–Trinajstić information content (AvgIpc) is 2.91. The van der Waals surface area contributed by atoms with Gasteiger partial charge in [0.2, 0.25) is 5.28 Å². The molecule has 2 N–H and O–H groups in total. The summed E-state index contributed by atoms with van der Waals surface area (Å²) in [6, 6.07) is 12.0. The lowest BCUT2D eigenvalue weighted by Gasteiger charge is -2.05. The highest BCUT2D eigenvalue weighted by Crippen LogP contribution is 2.35. The number of thiophene rings is 1. The fourth-order valence-electron chi connectivity index (χ4n) is 2.06. The third-order valence-electron chi connectivity index (χ3n) is 3.06. The molecular weight excluding hydrogens is 322 g/mol. The molecule has 2 aromatic heterocycles. The number of fused-ring (bicyclic) bond motifs is 1. The number of aliphatic carboxylic acids is 1. The van der Waals surface area contributed by atoms with Crippen molar-refractivity contribution in [3.8, 4) is 10.4 Å². The van der Waals surface area contributed by atoms with Crippen molar-refractivity contribution in [3.63, 3.8) is 0 Å². The van der Waals surface area contributed by atoms with Gasteiger partial charge in [0.05, 0.1) is 11.8 Å². The van der Waals surface area contributed by atoms with Gasteiger partial charge in [-0.15, -0.1) is 11.3 Å². The predicted octanol–water partition coefficient (Wildman–Crippen LogP) is 3.90. The number of halogens is 1. The molecule has 0 unspecified atom stereocenters. The van der Waals surface area contributed by atoms with Crippen LogP contribution in [-0.4, -0.2) is 27.6 Å². The molecule has 0 aliphatic carbocycles. The van der Waals surface area contributed by atoms with Gasteiger partial charge in [0.15, 0.2) is 0 Å². The minimum atomic E-state index is -0.862. The van der Waals surface area contributed by atoms with E-state index in [1.165, 1.54) is 11.3 Å². The number of carboxylic acid groups (broad SMARTS) is 1. The van der Waals surface area contributed by atoms with Crippen LogP contribution < -0.4 is 5.32 Å². The van der Waals surface area contributed by atoms with Crippen LogP contribution in [0.4, 0.5) is 5.82 Å². The first-order valence-corrected chi connectivity index (χ1v) is 7.81. The SMILES string of the molecule is O=C(O)CCNc1nc(Cl)nc2sc(-c3ccccc3)cc12. The normalized spacial score (nSPS) is 10.8. The third-order valence-corrected chi connectivity index (χ3v) is 4.30. The Morgan fingerprint density at radius 2 is 2.05 bits per heavy atom. The van der Waals surface area contributed by atoms with Gasteiger partial charge in [-0.3, -0.25) is 4.79 Å². The zero-order valence-corrected chi connectivity index (χ0v) is 13.0. The zero-order chi connectivity index (χ0) is 15.5. The number of hydrogen-bond acceptors (Lipinski definition) is 5. The Hall–Kier alpha value is -2.18. The number of aromatic nitrogens is 2. The number of anilines is 1. The van der Waals surface area contributed by atoms with E-state index in [9.17, 15) is 4.79 Å². The summed E-state index contributed by atoms with van der Waals surface area (Å²) in [7, 11) is 0. The van der Waals surface area contributed by atoms with Crippen LogP contribution in [0.15, 0.2) is 36.4 Å². The maximum Gasteiger partial charge on any atom is 0.305 e. The molecule has 0 aliphatic heterocycles. The molecule has 0 fully saturated rings. The predicted molar refractivity (Wildman–Crippen MR) is 88.6 cm³/mol. The van der Waals surface area contributed by atoms with E-state index >= 15 is 0 Å². The number of hydrogen-bond donors (Lipinski definition) is 2. The van der Waals surface area contributed by atoms with Gasteiger partial charge in [0.1, 0.15) is 10.6 Å². The molecule has 1 aromatic carbocycles. The smallest absolute Gasteiger partial charge is 0.305 e. The van der Waals surface area contributed by atoms with Crippen LogP contribution in [0.3, 0.4) is 0 Å².